The van der Waals surface area contributed by atoms with E-state index in [2.05, 4.69) is 19.9 Å². The lowest BCUT2D eigenvalue weighted by molar-refractivity contribution is -0.150. The fourth-order valence-electron chi connectivity index (χ4n) is 3.36. The third-order valence-corrected chi connectivity index (χ3v) is 4.85. The number of carbonyl (C=O) groups excluding carboxylic acids is 2. The summed E-state index contributed by atoms with van der Waals surface area (Å²) in [6.45, 7) is 12.0. The van der Waals surface area contributed by atoms with E-state index >= 15 is 0 Å². The zero-order valence-corrected chi connectivity index (χ0v) is 14.4. The standard InChI is InChI=1S/C19H26O3/c1-7-8-13-12(4)16(10-15(13)20)22-18(21)17-14(9-11(2)3)19(17,5)6/h7-9,14,16-17H,10H2,1-6H3. The maximum absolute atomic E-state index is 12.5. The van der Waals surface area contributed by atoms with Crippen LogP contribution in [0.2, 0.25) is 0 Å². The van der Waals surface area contributed by atoms with Gasteiger partial charge in [-0.2, -0.15) is 0 Å². The van der Waals surface area contributed by atoms with E-state index in [0.717, 1.165) is 5.57 Å². The van der Waals surface area contributed by atoms with Gasteiger partial charge in [0.1, 0.15) is 6.10 Å². The summed E-state index contributed by atoms with van der Waals surface area (Å²) in [7, 11) is 0. The Hall–Kier alpha value is -1.64. The molecule has 0 aromatic heterocycles. The molecule has 2 aliphatic rings. The lowest BCUT2D eigenvalue weighted by Crippen LogP contribution is -2.20. The first-order chi connectivity index (χ1) is 10.2. The van der Waals surface area contributed by atoms with Crippen LogP contribution >= 0.6 is 0 Å². The van der Waals surface area contributed by atoms with Crippen LogP contribution in [0.3, 0.4) is 0 Å². The molecule has 1 fully saturated rings. The molecule has 0 bridgehead atoms. The quantitative estimate of drug-likeness (QED) is 0.582. The van der Waals surface area contributed by atoms with E-state index in [1.807, 2.05) is 33.8 Å². The van der Waals surface area contributed by atoms with Gasteiger partial charge >= 0.3 is 5.97 Å². The molecule has 1 saturated carbocycles. The molecule has 0 N–H and O–H groups in total. The monoisotopic (exact) mass is 302 g/mol. The van der Waals surface area contributed by atoms with Crippen LogP contribution < -0.4 is 0 Å². The SMILES string of the molecule is CC=CC1=C(C)C(OC(=O)C2C(C=C(C)C)C2(C)C)CC1=O. The van der Waals surface area contributed by atoms with Gasteiger partial charge in [0.05, 0.1) is 12.3 Å². The molecule has 22 heavy (non-hydrogen) atoms. The fraction of sp³-hybridized carbons (Fsp3) is 0.579. The van der Waals surface area contributed by atoms with E-state index in [0.29, 0.717) is 5.57 Å². The molecule has 120 valence electrons. The predicted octanol–water partition coefficient (Wildman–Crippen LogP) is 4.00. The van der Waals surface area contributed by atoms with Crippen molar-refractivity contribution in [3.8, 4) is 0 Å². The normalized spacial score (nSPS) is 29.9. The highest BCUT2D eigenvalue weighted by atomic mass is 16.5. The average molecular weight is 302 g/mol. The number of esters is 1. The topological polar surface area (TPSA) is 43.4 Å². The van der Waals surface area contributed by atoms with E-state index in [9.17, 15) is 9.59 Å². The van der Waals surface area contributed by atoms with Crippen LogP contribution in [0.5, 0.6) is 0 Å². The largest absolute Gasteiger partial charge is 0.457 e. The number of hydrogen-bond acceptors (Lipinski definition) is 3. The second-order valence-electron chi connectivity index (χ2n) is 7.22. The smallest absolute Gasteiger partial charge is 0.310 e. The van der Waals surface area contributed by atoms with E-state index in [4.69, 9.17) is 4.74 Å². The Morgan fingerprint density at radius 1 is 1.32 bits per heavy atom. The first kappa shape index (κ1) is 16.7. The third kappa shape index (κ3) is 2.94. The van der Waals surface area contributed by atoms with Crippen molar-refractivity contribution in [1.29, 1.82) is 0 Å². The summed E-state index contributed by atoms with van der Waals surface area (Å²) in [5.41, 5.74) is 2.72. The second kappa shape index (κ2) is 5.86. The van der Waals surface area contributed by atoms with Gasteiger partial charge < -0.3 is 4.74 Å². The van der Waals surface area contributed by atoms with Crippen molar-refractivity contribution in [2.75, 3.05) is 0 Å². The van der Waals surface area contributed by atoms with Gasteiger partial charge in [-0.1, -0.05) is 37.6 Å². The van der Waals surface area contributed by atoms with Crippen molar-refractivity contribution in [2.24, 2.45) is 17.3 Å². The van der Waals surface area contributed by atoms with Crippen LogP contribution in [0, 0.1) is 17.3 Å². The minimum Gasteiger partial charge on any atom is -0.457 e. The molecule has 0 heterocycles. The van der Waals surface area contributed by atoms with Gasteiger partial charge in [-0.05, 0) is 44.6 Å². The predicted molar refractivity (Wildman–Crippen MR) is 87.2 cm³/mol. The molecule has 0 saturated heterocycles. The summed E-state index contributed by atoms with van der Waals surface area (Å²) in [6, 6.07) is 0. The summed E-state index contributed by atoms with van der Waals surface area (Å²) in [5, 5.41) is 0. The van der Waals surface area contributed by atoms with Crippen molar-refractivity contribution < 1.29 is 14.3 Å². The van der Waals surface area contributed by atoms with Crippen molar-refractivity contribution in [1.82, 2.24) is 0 Å². The molecule has 3 heteroatoms. The van der Waals surface area contributed by atoms with Gasteiger partial charge in [0.25, 0.3) is 0 Å². The Morgan fingerprint density at radius 3 is 2.50 bits per heavy atom. The first-order valence-corrected chi connectivity index (χ1v) is 7.92. The molecule has 3 atom stereocenters. The molecule has 0 aliphatic heterocycles. The van der Waals surface area contributed by atoms with Crippen molar-refractivity contribution in [3.63, 3.8) is 0 Å². The summed E-state index contributed by atoms with van der Waals surface area (Å²) < 4.78 is 5.66. The van der Waals surface area contributed by atoms with Crippen LogP contribution in [0.15, 0.2) is 34.9 Å². The van der Waals surface area contributed by atoms with Crippen LogP contribution in [0.25, 0.3) is 0 Å². The Morgan fingerprint density at radius 2 is 1.95 bits per heavy atom. The van der Waals surface area contributed by atoms with E-state index in [1.54, 1.807) is 6.08 Å². The number of allylic oxidation sites excluding steroid dienone is 5. The minimum absolute atomic E-state index is 0.0548. The maximum Gasteiger partial charge on any atom is 0.310 e. The lowest BCUT2D eigenvalue weighted by Gasteiger charge is -2.13. The molecule has 0 aromatic carbocycles. The zero-order valence-electron chi connectivity index (χ0n) is 14.4. The number of Topliss-reactive ketones (excluding diaryl/α,β-unsaturated/α-hetero) is 1. The summed E-state index contributed by atoms with van der Waals surface area (Å²) in [5.74, 6) is 0.0214. The Kier molecular flexibility index (Phi) is 4.46. The third-order valence-electron chi connectivity index (χ3n) is 4.85. The number of carbonyl (C=O) groups is 2. The summed E-state index contributed by atoms with van der Waals surface area (Å²) in [6.07, 6.45) is 5.68. The van der Waals surface area contributed by atoms with Crippen molar-refractivity contribution in [2.45, 2.75) is 54.1 Å². The van der Waals surface area contributed by atoms with Crippen LogP contribution in [0.1, 0.15) is 48.0 Å². The zero-order chi connectivity index (χ0) is 16.7. The highest BCUT2D eigenvalue weighted by molar-refractivity contribution is 6.02. The van der Waals surface area contributed by atoms with Gasteiger partial charge in [0.15, 0.2) is 5.78 Å². The number of hydrogen-bond donors (Lipinski definition) is 0. The molecule has 3 unspecified atom stereocenters. The van der Waals surface area contributed by atoms with Gasteiger partial charge in [-0.25, -0.2) is 0 Å². The maximum atomic E-state index is 12.5. The number of ether oxygens (including phenoxy) is 1. The van der Waals surface area contributed by atoms with Crippen molar-refractivity contribution in [3.05, 3.63) is 34.9 Å². The second-order valence-corrected chi connectivity index (χ2v) is 7.22. The molecule has 3 nitrogen and oxygen atoms in total. The first-order valence-electron chi connectivity index (χ1n) is 7.92. The minimum atomic E-state index is -0.394. The van der Waals surface area contributed by atoms with E-state index in [-0.39, 0.29) is 35.4 Å². The average Bonchev–Trinajstić information content (AvgIpc) is 2.83. The molecule has 0 aromatic rings. The molecular formula is C19H26O3. The van der Waals surface area contributed by atoms with Gasteiger partial charge in [0.2, 0.25) is 0 Å². The Bertz CT molecular complexity index is 586. The van der Waals surface area contributed by atoms with Crippen LogP contribution in [0.4, 0.5) is 0 Å². The van der Waals surface area contributed by atoms with Gasteiger partial charge in [-0.15, -0.1) is 0 Å². The molecule has 0 amide bonds. The highest BCUT2D eigenvalue weighted by Gasteiger charge is 2.61. The van der Waals surface area contributed by atoms with E-state index in [1.165, 1.54) is 5.57 Å². The van der Waals surface area contributed by atoms with E-state index < -0.39 is 6.10 Å². The molecule has 2 rings (SSSR count). The molecule has 0 radical (unpaired) electrons. The number of ketones is 1. The molecular weight excluding hydrogens is 276 g/mol. The van der Waals surface area contributed by atoms with Gasteiger partial charge in [-0.3, -0.25) is 9.59 Å². The summed E-state index contributed by atoms with van der Waals surface area (Å²) >= 11 is 0. The number of rotatable bonds is 4. The van der Waals surface area contributed by atoms with Crippen LogP contribution in [-0.4, -0.2) is 17.9 Å². The highest BCUT2D eigenvalue weighted by Crippen LogP contribution is 2.60. The summed E-state index contributed by atoms with van der Waals surface area (Å²) in [4.78, 5) is 24.5. The van der Waals surface area contributed by atoms with Crippen LogP contribution in [-0.2, 0) is 14.3 Å². The molecule has 0 spiro atoms. The Labute approximate surface area is 133 Å². The fourth-order valence-corrected chi connectivity index (χ4v) is 3.36. The molecule has 2 aliphatic carbocycles. The Balaban J connectivity index is 2.09. The van der Waals surface area contributed by atoms with Crippen molar-refractivity contribution >= 4 is 11.8 Å². The van der Waals surface area contributed by atoms with Gasteiger partial charge in [0, 0.05) is 5.57 Å². The lowest BCUT2D eigenvalue weighted by atomic mass is 10.1.